The molecule has 0 unspecified atom stereocenters. The van der Waals surface area contributed by atoms with E-state index in [2.05, 4.69) is 4.90 Å². The molecule has 2 aromatic rings. The smallest absolute Gasteiger partial charge is 0.266 e. The monoisotopic (exact) mass is 425 g/mol. The molecule has 2 aliphatic heterocycles. The number of amides is 2. The van der Waals surface area contributed by atoms with Crippen molar-refractivity contribution in [2.45, 2.75) is 26.0 Å². The first kappa shape index (κ1) is 21.0. The Balaban J connectivity index is 1.31. The van der Waals surface area contributed by atoms with Crippen molar-refractivity contribution in [3.8, 4) is 17.2 Å². The zero-order valence-corrected chi connectivity index (χ0v) is 17.8. The standard InChI is InChI=1S/C23H27N3O5/c1-23(2,31-18-6-4-17(5-7-18)21(24)27)22(28)26-11-9-25(10-12-26)14-16-3-8-19-20(13-16)30-15-29-19/h3-8,13H,9-12,14-15H2,1-2H3,(H2,24,27). The van der Waals surface area contributed by atoms with Gasteiger partial charge in [-0.05, 0) is 55.8 Å². The Morgan fingerprint density at radius 3 is 2.35 bits per heavy atom. The number of nitrogens with two attached hydrogens (primary N) is 1. The van der Waals surface area contributed by atoms with Crippen molar-refractivity contribution in [2.24, 2.45) is 5.73 Å². The second-order valence-electron chi connectivity index (χ2n) is 8.26. The van der Waals surface area contributed by atoms with Crippen LogP contribution >= 0.6 is 0 Å². The van der Waals surface area contributed by atoms with Gasteiger partial charge in [0.1, 0.15) is 5.75 Å². The Bertz CT molecular complexity index is 966. The number of rotatable bonds is 6. The van der Waals surface area contributed by atoms with Crippen LogP contribution in [0.2, 0.25) is 0 Å². The van der Waals surface area contributed by atoms with E-state index in [1.807, 2.05) is 23.1 Å². The summed E-state index contributed by atoms with van der Waals surface area (Å²) in [5, 5.41) is 0. The number of carbonyl (C=O) groups excluding carboxylic acids is 2. The summed E-state index contributed by atoms with van der Waals surface area (Å²) in [6, 6.07) is 12.5. The van der Waals surface area contributed by atoms with Gasteiger partial charge in [0.2, 0.25) is 12.7 Å². The van der Waals surface area contributed by atoms with Gasteiger partial charge in [0.25, 0.3) is 5.91 Å². The average molecular weight is 425 g/mol. The summed E-state index contributed by atoms with van der Waals surface area (Å²) in [5.41, 5.74) is 5.80. The van der Waals surface area contributed by atoms with Crippen LogP contribution in [-0.4, -0.2) is 60.2 Å². The van der Waals surface area contributed by atoms with Crippen molar-refractivity contribution in [2.75, 3.05) is 33.0 Å². The summed E-state index contributed by atoms with van der Waals surface area (Å²) in [5.74, 6) is 1.53. The summed E-state index contributed by atoms with van der Waals surface area (Å²) in [6.07, 6.45) is 0. The zero-order chi connectivity index (χ0) is 22.0. The van der Waals surface area contributed by atoms with Crippen molar-refractivity contribution in [1.82, 2.24) is 9.80 Å². The molecule has 31 heavy (non-hydrogen) atoms. The minimum Gasteiger partial charge on any atom is -0.478 e. The van der Waals surface area contributed by atoms with Gasteiger partial charge in [-0.3, -0.25) is 14.5 Å². The lowest BCUT2D eigenvalue weighted by Gasteiger charge is -2.38. The van der Waals surface area contributed by atoms with Gasteiger partial charge in [0, 0.05) is 38.3 Å². The first-order valence-corrected chi connectivity index (χ1v) is 10.3. The Morgan fingerprint density at radius 1 is 1.00 bits per heavy atom. The summed E-state index contributed by atoms with van der Waals surface area (Å²) in [6.45, 7) is 7.42. The number of ether oxygens (including phenoxy) is 3. The molecule has 1 fully saturated rings. The maximum atomic E-state index is 13.1. The Hall–Kier alpha value is -3.26. The number of carbonyl (C=O) groups is 2. The first-order chi connectivity index (χ1) is 14.8. The SMILES string of the molecule is CC(C)(Oc1ccc(C(N)=O)cc1)C(=O)N1CCN(Cc2ccc3c(c2)OCO3)CC1. The molecular formula is C23H27N3O5. The van der Waals surface area contributed by atoms with Gasteiger partial charge >= 0.3 is 0 Å². The number of fused-ring (bicyclic) bond motifs is 1. The molecule has 4 rings (SSSR count). The summed E-state index contributed by atoms with van der Waals surface area (Å²) in [4.78, 5) is 28.4. The molecule has 0 radical (unpaired) electrons. The molecule has 0 spiro atoms. The highest BCUT2D eigenvalue weighted by atomic mass is 16.7. The second kappa shape index (κ2) is 8.47. The first-order valence-electron chi connectivity index (χ1n) is 10.3. The fourth-order valence-corrected chi connectivity index (χ4v) is 3.81. The van der Waals surface area contributed by atoms with Gasteiger partial charge in [-0.1, -0.05) is 6.07 Å². The summed E-state index contributed by atoms with van der Waals surface area (Å²) < 4.78 is 16.7. The molecule has 2 N–H and O–H groups in total. The Labute approximate surface area is 181 Å². The highest BCUT2D eigenvalue weighted by Gasteiger charge is 2.35. The second-order valence-corrected chi connectivity index (χ2v) is 8.26. The molecule has 8 nitrogen and oxygen atoms in total. The van der Waals surface area contributed by atoms with Crippen molar-refractivity contribution in [3.63, 3.8) is 0 Å². The van der Waals surface area contributed by atoms with E-state index in [0.717, 1.165) is 36.7 Å². The van der Waals surface area contributed by atoms with Gasteiger partial charge in [0.05, 0.1) is 0 Å². The van der Waals surface area contributed by atoms with Crippen molar-refractivity contribution >= 4 is 11.8 Å². The quantitative estimate of drug-likeness (QED) is 0.761. The molecule has 0 aromatic heterocycles. The maximum Gasteiger partial charge on any atom is 0.266 e. The Kier molecular flexibility index (Phi) is 5.73. The van der Waals surface area contributed by atoms with Gasteiger partial charge in [0.15, 0.2) is 17.1 Å². The van der Waals surface area contributed by atoms with Crippen LogP contribution in [0.3, 0.4) is 0 Å². The number of hydrogen-bond donors (Lipinski definition) is 1. The lowest BCUT2D eigenvalue weighted by atomic mass is 10.1. The molecule has 2 amide bonds. The number of benzene rings is 2. The van der Waals surface area contributed by atoms with E-state index in [9.17, 15) is 9.59 Å². The molecule has 164 valence electrons. The minimum atomic E-state index is -1.02. The van der Waals surface area contributed by atoms with E-state index >= 15 is 0 Å². The van der Waals surface area contributed by atoms with Crippen molar-refractivity contribution in [3.05, 3.63) is 53.6 Å². The van der Waals surface area contributed by atoms with Gasteiger partial charge < -0.3 is 24.8 Å². The summed E-state index contributed by atoms with van der Waals surface area (Å²) >= 11 is 0. The average Bonchev–Trinajstić information content (AvgIpc) is 3.22. The maximum absolute atomic E-state index is 13.1. The molecular weight excluding hydrogens is 398 g/mol. The Morgan fingerprint density at radius 2 is 1.68 bits per heavy atom. The van der Waals surface area contributed by atoms with Crippen LogP contribution in [0.4, 0.5) is 0 Å². The van der Waals surface area contributed by atoms with Crippen LogP contribution in [0.5, 0.6) is 17.2 Å². The molecule has 2 aliphatic rings. The minimum absolute atomic E-state index is 0.0609. The van der Waals surface area contributed by atoms with Crippen LogP contribution in [0.1, 0.15) is 29.8 Å². The van der Waals surface area contributed by atoms with E-state index in [1.54, 1.807) is 38.1 Å². The highest BCUT2D eigenvalue weighted by molar-refractivity contribution is 5.92. The molecule has 2 heterocycles. The van der Waals surface area contributed by atoms with Crippen molar-refractivity contribution in [1.29, 1.82) is 0 Å². The fourth-order valence-electron chi connectivity index (χ4n) is 3.81. The predicted molar refractivity (Wildman–Crippen MR) is 114 cm³/mol. The normalized spacial score (nSPS) is 16.3. The predicted octanol–water partition coefficient (Wildman–Crippen LogP) is 2.02. The molecule has 8 heteroatoms. The van der Waals surface area contributed by atoms with E-state index in [-0.39, 0.29) is 12.7 Å². The third-order valence-electron chi connectivity index (χ3n) is 5.53. The summed E-state index contributed by atoms with van der Waals surface area (Å²) in [7, 11) is 0. The van der Waals surface area contributed by atoms with E-state index in [1.165, 1.54) is 0 Å². The van der Waals surface area contributed by atoms with Gasteiger partial charge in [-0.25, -0.2) is 0 Å². The third-order valence-corrected chi connectivity index (χ3v) is 5.53. The van der Waals surface area contributed by atoms with Crippen molar-refractivity contribution < 1.29 is 23.8 Å². The fraction of sp³-hybridized carbons (Fsp3) is 0.391. The number of primary amides is 1. The third kappa shape index (κ3) is 4.74. The number of piperazine rings is 1. The van der Waals surface area contributed by atoms with Crippen LogP contribution in [0.25, 0.3) is 0 Å². The number of hydrogen-bond acceptors (Lipinski definition) is 6. The van der Waals surface area contributed by atoms with Crippen LogP contribution in [-0.2, 0) is 11.3 Å². The highest BCUT2D eigenvalue weighted by Crippen LogP contribution is 2.33. The van der Waals surface area contributed by atoms with E-state index < -0.39 is 11.5 Å². The lowest BCUT2D eigenvalue weighted by Crippen LogP contribution is -2.55. The van der Waals surface area contributed by atoms with Gasteiger partial charge in [-0.15, -0.1) is 0 Å². The molecule has 0 saturated carbocycles. The lowest BCUT2D eigenvalue weighted by molar-refractivity contribution is -0.147. The number of nitrogens with zero attached hydrogens (tertiary/aromatic N) is 2. The largest absolute Gasteiger partial charge is 0.478 e. The van der Waals surface area contributed by atoms with Crippen LogP contribution in [0, 0.1) is 0 Å². The van der Waals surface area contributed by atoms with Crippen LogP contribution in [0.15, 0.2) is 42.5 Å². The molecule has 1 saturated heterocycles. The zero-order valence-electron chi connectivity index (χ0n) is 17.8. The van der Waals surface area contributed by atoms with Gasteiger partial charge in [-0.2, -0.15) is 0 Å². The molecule has 0 bridgehead atoms. The van der Waals surface area contributed by atoms with E-state index in [0.29, 0.717) is 24.4 Å². The molecule has 0 atom stereocenters. The topological polar surface area (TPSA) is 94.3 Å². The molecule has 2 aromatic carbocycles. The molecule has 0 aliphatic carbocycles. The van der Waals surface area contributed by atoms with Crippen LogP contribution < -0.4 is 19.9 Å². The van der Waals surface area contributed by atoms with E-state index in [4.69, 9.17) is 19.9 Å².